The molecule has 70 valence electrons. The van der Waals surface area contributed by atoms with E-state index >= 15 is 0 Å². The Bertz CT molecular complexity index is 164. The van der Waals surface area contributed by atoms with Gasteiger partial charge in [0.25, 0.3) is 0 Å². The summed E-state index contributed by atoms with van der Waals surface area (Å²) in [5, 5.41) is 17.8. The van der Waals surface area contributed by atoms with Gasteiger partial charge < -0.3 is 10.2 Å². The molecule has 1 rings (SSSR count). The van der Waals surface area contributed by atoms with Gasteiger partial charge in [-0.15, -0.1) is 0 Å². The second kappa shape index (κ2) is 4.14. The van der Waals surface area contributed by atoms with Crippen molar-refractivity contribution in [2.45, 2.75) is 19.3 Å². The minimum absolute atomic E-state index is 0.0137. The third-order valence-corrected chi connectivity index (χ3v) is 3.40. The molecule has 0 aromatic rings. The molecule has 0 atom stereocenters. The highest BCUT2D eigenvalue weighted by molar-refractivity contribution is 7.99. The van der Waals surface area contributed by atoms with E-state index in [4.69, 9.17) is 10.2 Å². The van der Waals surface area contributed by atoms with Crippen LogP contribution in [0.3, 0.4) is 0 Å². The molecular weight excluding hydrogens is 176 g/mol. The number of hydrogen-bond donors (Lipinski definition) is 2. The van der Waals surface area contributed by atoms with E-state index in [0.29, 0.717) is 0 Å². The third kappa shape index (κ3) is 2.38. The van der Waals surface area contributed by atoms with E-state index in [2.05, 4.69) is 0 Å². The van der Waals surface area contributed by atoms with Crippen molar-refractivity contribution in [3.8, 4) is 0 Å². The Morgan fingerprint density at radius 2 is 2.00 bits per heavy atom. The molecule has 0 aromatic heterocycles. The molecule has 4 heteroatoms. The molecule has 2 N–H and O–H groups in total. The lowest BCUT2D eigenvalue weighted by Gasteiger charge is -2.33. The van der Waals surface area contributed by atoms with E-state index in [1.807, 2.05) is 11.8 Å². The van der Waals surface area contributed by atoms with Gasteiger partial charge in [-0.3, -0.25) is 4.79 Å². The van der Waals surface area contributed by atoms with Crippen LogP contribution in [0.5, 0.6) is 0 Å². The predicted molar refractivity (Wildman–Crippen MR) is 48.3 cm³/mol. The van der Waals surface area contributed by atoms with Crippen LogP contribution in [0.1, 0.15) is 19.3 Å². The van der Waals surface area contributed by atoms with Crippen LogP contribution in [-0.2, 0) is 4.79 Å². The zero-order valence-electron chi connectivity index (χ0n) is 6.95. The monoisotopic (exact) mass is 190 g/mol. The van der Waals surface area contributed by atoms with E-state index < -0.39 is 5.97 Å². The predicted octanol–water partition coefficient (Wildman–Crippen LogP) is 0.967. The summed E-state index contributed by atoms with van der Waals surface area (Å²) >= 11 is 1.84. The normalized spacial score (nSPS) is 22.1. The van der Waals surface area contributed by atoms with E-state index in [9.17, 15) is 4.79 Å². The van der Waals surface area contributed by atoms with Crippen LogP contribution in [-0.4, -0.2) is 34.3 Å². The first-order valence-corrected chi connectivity index (χ1v) is 5.24. The number of thioether (sulfide) groups is 1. The van der Waals surface area contributed by atoms with Gasteiger partial charge in [0, 0.05) is 12.0 Å². The zero-order chi connectivity index (χ0) is 9.03. The number of hydrogen-bond acceptors (Lipinski definition) is 3. The Balaban J connectivity index is 2.53. The number of rotatable bonds is 3. The fourth-order valence-corrected chi connectivity index (χ4v) is 2.87. The van der Waals surface area contributed by atoms with Crippen molar-refractivity contribution in [3.05, 3.63) is 0 Å². The highest BCUT2D eigenvalue weighted by Crippen LogP contribution is 2.37. The Hall–Kier alpha value is -0.220. The number of aliphatic hydroxyl groups is 1. The lowest BCUT2D eigenvalue weighted by atomic mass is 9.80. The summed E-state index contributed by atoms with van der Waals surface area (Å²) in [5.41, 5.74) is -0.322. The molecule has 1 aliphatic heterocycles. The van der Waals surface area contributed by atoms with Crippen LogP contribution in [0.4, 0.5) is 0 Å². The van der Waals surface area contributed by atoms with Gasteiger partial charge >= 0.3 is 5.97 Å². The van der Waals surface area contributed by atoms with E-state index in [1.54, 1.807) is 0 Å². The number of aliphatic carboxylic acids is 1. The van der Waals surface area contributed by atoms with E-state index in [-0.39, 0.29) is 18.4 Å². The van der Waals surface area contributed by atoms with Gasteiger partial charge in [-0.25, -0.2) is 0 Å². The summed E-state index contributed by atoms with van der Waals surface area (Å²) in [5.74, 6) is 1.16. The fraction of sp³-hybridized carbons (Fsp3) is 0.875. The Morgan fingerprint density at radius 1 is 1.42 bits per heavy atom. The molecule has 0 unspecified atom stereocenters. The van der Waals surface area contributed by atoms with Crippen LogP contribution >= 0.6 is 11.8 Å². The molecule has 0 amide bonds. The topological polar surface area (TPSA) is 57.5 Å². The van der Waals surface area contributed by atoms with Crippen molar-refractivity contribution in [1.82, 2.24) is 0 Å². The summed E-state index contributed by atoms with van der Waals surface area (Å²) < 4.78 is 0. The molecule has 3 nitrogen and oxygen atoms in total. The van der Waals surface area contributed by atoms with Crippen LogP contribution in [0.25, 0.3) is 0 Å². The molecule has 0 aromatic carbocycles. The van der Waals surface area contributed by atoms with Gasteiger partial charge in [0.15, 0.2) is 0 Å². The Morgan fingerprint density at radius 3 is 2.42 bits per heavy atom. The molecule has 0 radical (unpaired) electrons. The Kier molecular flexibility index (Phi) is 3.40. The van der Waals surface area contributed by atoms with Crippen molar-refractivity contribution in [3.63, 3.8) is 0 Å². The van der Waals surface area contributed by atoms with Crippen molar-refractivity contribution in [1.29, 1.82) is 0 Å². The fourth-order valence-electron chi connectivity index (χ4n) is 1.52. The summed E-state index contributed by atoms with van der Waals surface area (Å²) in [6.07, 6.45) is 1.78. The summed E-state index contributed by atoms with van der Waals surface area (Å²) in [4.78, 5) is 10.5. The second-order valence-corrected chi connectivity index (χ2v) is 4.57. The van der Waals surface area contributed by atoms with Crippen LogP contribution in [0, 0.1) is 5.41 Å². The average molecular weight is 190 g/mol. The highest BCUT2D eigenvalue weighted by atomic mass is 32.2. The minimum atomic E-state index is -0.795. The molecule has 1 saturated heterocycles. The van der Waals surface area contributed by atoms with Gasteiger partial charge in [-0.05, 0) is 24.3 Å². The SMILES string of the molecule is O=C(O)CC1(CO)CCSCC1. The first-order valence-electron chi connectivity index (χ1n) is 4.09. The van der Waals surface area contributed by atoms with Gasteiger partial charge in [0.1, 0.15) is 0 Å². The highest BCUT2D eigenvalue weighted by Gasteiger charge is 2.33. The van der Waals surface area contributed by atoms with E-state index in [0.717, 1.165) is 24.3 Å². The van der Waals surface area contributed by atoms with Crippen molar-refractivity contribution >= 4 is 17.7 Å². The first kappa shape index (κ1) is 9.86. The molecule has 1 fully saturated rings. The number of carboxylic acid groups (broad SMARTS) is 1. The number of carboxylic acids is 1. The van der Waals surface area contributed by atoms with Crippen LogP contribution in [0.2, 0.25) is 0 Å². The maximum Gasteiger partial charge on any atom is 0.303 e. The first-order chi connectivity index (χ1) is 5.68. The maximum absolute atomic E-state index is 10.5. The maximum atomic E-state index is 10.5. The molecule has 12 heavy (non-hydrogen) atoms. The molecule has 0 saturated carbocycles. The number of carbonyl (C=O) groups is 1. The van der Waals surface area contributed by atoms with Crippen LogP contribution in [0.15, 0.2) is 0 Å². The second-order valence-electron chi connectivity index (χ2n) is 3.34. The standard InChI is InChI=1S/C8H14O3S/c9-6-8(5-7(10)11)1-3-12-4-2-8/h9H,1-6H2,(H,10,11). The summed E-state index contributed by atoms with van der Waals surface area (Å²) in [6, 6.07) is 0. The van der Waals surface area contributed by atoms with Crippen molar-refractivity contribution < 1.29 is 15.0 Å². The largest absolute Gasteiger partial charge is 0.481 e. The van der Waals surface area contributed by atoms with Gasteiger partial charge in [0.05, 0.1) is 6.42 Å². The van der Waals surface area contributed by atoms with E-state index in [1.165, 1.54) is 0 Å². The minimum Gasteiger partial charge on any atom is -0.481 e. The smallest absolute Gasteiger partial charge is 0.303 e. The van der Waals surface area contributed by atoms with Gasteiger partial charge in [0.2, 0.25) is 0 Å². The lowest BCUT2D eigenvalue weighted by Crippen LogP contribution is -2.32. The molecule has 1 heterocycles. The molecule has 1 aliphatic rings. The molecule has 0 bridgehead atoms. The average Bonchev–Trinajstić information content (AvgIpc) is 2.05. The van der Waals surface area contributed by atoms with Gasteiger partial charge in [-0.2, -0.15) is 11.8 Å². The Labute approximate surface area is 76.2 Å². The quantitative estimate of drug-likeness (QED) is 0.696. The van der Waals surface area contributed by atoms with Crippen molar-refractivity contribution in [2.75, 3.05) is 18.1 Å². The molecule has 0 spiro atoms. The molecular formula is C8H14O3S. The van der Waals surface area contributed by atoms with Crippen molar-refractivity contribution in [2.24, 2.45) is 5.41 Å². The molecule has 0 aliphatic carbocycles. The lowest BCUT2D eigenvalue weighted by molar-refractivity contribution is -0.140. The summed E-state index contributed by atoms with van der Waals surface area (Å²) in [6.45, 7) is 0.0137. The third-order valence-electron chi connectivity index (χ3n) is 2.42. The number of aliphatic hydroxyl groups excluding tert-OH is 1. The summed E-state index contributed by atoms with van der Waals surface area (Å²) in [7, 11) is 0. The van der Waals surface area contributed by atoms with Gasteiger partial charge in [-0.1, -0.05) is 0 Å². The van der Waals surface area contributed by atoms with Crippen LogP contribution < -0.4 is 0 Å². The zero-order valence-corrected chi connectivity index (χ0v) is 7.77.